The molecule has 2 rings (SSSR count). The van der Waals surface area contributed by atoms with Gasteiger partial charge in [0.1, 0.15) is 0 Å². The summed E-state index contributed by atoms with van der Waals surface area (Å²) in [7, 11) is 0. The number of hydrogen-bond donors (Lipinski definition) is 2. The van der Waals surface area contributed by atoms with E-state index in [1.165, 1.54) is 0 Å². The molecule has 0 saturated carbocycles. The van der Waals surface area contributed by atoms with E-state index >= 15 is 0 Å². The van der Waals surface area contributed by atoms with Crippen LogP contribution in [0.25, 0.3) is 0 Å². The smallest absolute Gasteiger partial charge is 0.308 e. The first-order valence-corrected chi connectivity index (χ1v) is 5.73. The van der Waals surface area contributed by atoms with Gasteiger partial charge in [0.15, 0.2) is 0 Å². The van der Waals surface area contributed by atoms with E-state index in [0.29, 0.717) is 23.1 Å². The van der Waals surface area contributed by atoms with Gasteiger partial charge in [0, 0.05) is 19.0 Å². The van der Waals surface area contributed by atoms with Crippen LogP contribution in [-0.4, -0.2) is 24.2 Å². The molecule has 0 spiro atoms. The molecule has 1 aromatic carbocycles. The molecular formula is C11H11Cl2NO2. The van der Waals surface area contributed by atoms with Crippen LogP contribution < -0.4 is 5.32 Å². The van der Waals surface area contributed by atoms with Gasteiger partial charge in [-0.25, -0.2) is 0 Å². The number of hydrogen-bond acceptors (Lipinski definition) is 2. The van der Waals surface area contributed by atoms with Crippen molar-refractivity contribution in [3.8, 4) is 0 Å². The fraction of sp³-hybridized carbons (Fsp3) is 0.364. The summed E-state index contributed by atoms with van der Waals surface area (Å²) < 4.78 is 0. The molecule has 1 aliphatic rings. The van der Waals surface area contributed by atoms with E-state index in [4.69, 9.17) is 28.3 Å². The summed E-state index contributed by atoms with van der Waals surface area (Å²) in [5.41, 5.74) is 0.923. The third-order valence-electron chi connectivity index (χ3n) is 2.90. The zero-order valence-corrected chi connectivity index (χ0v) is 9.92. The minimum atomic E-state index is -0.777. The van der Waals surface area contributed by atoms with Gasteiger partial charge in [-0.3, -0.25) is 4.79 Å². The van der Waals surface area contributed by atoms with E-state index in [9.17, 15) is 4.79 Å². The lowest BCUT2D eigenvalue weighted by Crippen LogP contribution is -2.20. The number of benzene rings is 1. The molecule has 0 aliphatic carbocycles. The van der Waals surface area contributed by atoms with Gasteiger partial charge in [0.05, 0.1) is 16.0 Å². The van der Waals surface area contributed by atoms with Crippen molar-refractivity contribution < 1.29 is 9.90 Å². The van der Waals surface area contributed by atoms with E-state index in [1.54, 1.807) is 12.1 Å². The number of carboxylic acid groups (broad SMARTS) is 1. The van der Waals surface area contributed by atoms with Crippen LogP contribution in [-0.2, 0) is 4.79 Å². The van der Waals surface area contributed by atoms with Crippen molar-refractivity contribution in [2.24, 2.45) is 5.92 Å². The highest BCUT2D eigenvalue weighted by Gasteiger charge is 2.33. The Morgan fingerprint density at radius 2 is 2.06 bits per heavy atom. The second-order valence-electron chi connectivity index (χ2n) is 3.88. The summed E-state index contributed by atoms with van der Waals surface area (Å²) in [5, 5.41) is 13.1. The molecule has 1 aromatic rings. The Balaban J connectivity index is 2.29. The van der Waals surface area contributed by atoms with Crippen molar-refractivity contribution >= 4 is 29.2 Å². The second-order valence-corrected chi connectivity index (χ2v) is 4.70. The number of rotatable bonds is 2. The van der Waals surface area contributed by atoms with Crippen LogP contribution in [0.2, 0.25) is 10.0 Å². The van der Waals surface area contributed by atoms with E-state index in [2.05, 4.69) is 5.32 Å². The largest absolute Gasteiger partial charge is 0.481 e. The van der Waals surface area contributed by atoms with Gasteiger partial charge in [-0.05, 0) is 17.7 Å². The topological polar surface area (TPSA) is 49.3 Å². The Morgan fingerprint density at radius 3 is 2.69 bits per heavy atom. The number of carboxylic acids is 1. The molecule has 2 N–H and O–H groups in total. The maximum Gasteiger partial charge on any atom is 0.308 e. The van der Waals surface area contributed by atoms with Gasteiger partial charge in [-0.2, -0.15) is 0 Å². The molecule has 0 radical (unpaired) electrons. The molecule has 16 heavy (non-hydrogen) atoms. The standard InChI is InChI=1S/C11H11Cl2NO2/c12-9-2-1-6(3-10(9)13)7-4-14-5-8(7)11(15)16/h1-3,7-8,14H,4-5H2,(H,15,16)/t7-,8+/m1/s1. The molecule has 0 aromatic heterocycles. The van der Waals surface area contributed by atoms with Crippen LogP contribution in [0.4, 0.5) is 0 Å². The maximum absolute atomic E-state index is 11.0. The molecule has 1 aliphatic heterocycles. The molecule has 1 fully saturated rings. The SMILES string of the molecule is O=C(O)[C@H]1CNC[C@@H]1c1ccc(Cl)c(Cl)c1. The van der Waals surface area contributed by atoms with Crippen LogP contribution >= 0.6 is 23.2 Å². The number of aliphatic carboxylic acids is 1. The normalized spacial score (nSPS) is 24.6. The van der Waals surface area contributed by atoms with E-state index in [1.807, 2.05) is 6.07 Å². The molecule has 86 valence electrons. The van der Waals surface area contributed by atoms with Crippen LogP contribution in [0, 0.1) is 5.92 Å². The first kappa shape index (κ1) is 11.7. The quantitative estimate of drug-likeness (QED) is 0.858. The molecule has 2 atom stereocenters. The highest BCUT2D eigenvalue weighted by molar-refractivity contribution is 6.42. The molecule has 0 bridgehead atoms. The highest BCUT2D eigenvalue weighted by Crippen LogP contribution is 2.32. The van der Waals surface area contributed by atoms with E-state index in [-0.39, 0.29) is 5.92 Å². The van der Waals surface area contributed by atoms with Crippen LogP contribution in [0.1, 0.15) is 11.5 Å². The summed E-state index contributed by atoms with van der Waals surface area (Å²) in [6.45, 7) is 1.16. The first-order chi connectivity index (χ1) is 7.59. The molecule has 1 saturated heterocycles. The highest BCUT2D eigenvalue weighted by atomic mass is 35.5. The van der Waals surface area contributed by atoms with Crippen LogP contribution in [0.15, 0.2) is 18.2 Å². The van der Waals surface area contributed by atoms with Crippen molar-refractivity contribution in [2.75, 3.05) is 13.1 Å². The molecular weight excluding hydrogens is 249 g/mol. The average molecular weight is 260 g/mol. The Bertz CT molecular complexity index is 422. The third-order valence-corrected chi connectivity index (χ3v) is 3.64. The van der Waals surface area contributed by atoms with Crippen molar-refractivity contribution in [2.45, 2.75) is 5.92 Å². The average Bonchev–Trinajstić information content (AvgIpc) is 2.71. The molecule has 3 nitrogen and oxygen atoms in total. The summed E-state index contributed by atoms with van der Waals surface area (Å²) in [6, 6.07) is 5.29. The predicted octanol–water partition coefficient (Wildman–Crippen LogP) is 2.38. The summed E-state index contributed by atoms with van der Waals surface area (Å²) in [4.78, 5) is 11.0. The second kappa shape index (κ2) is 4.62. The Hall–Kier alpha value is -0.770. The van der Waals surface area contributed by atoms with Gasteiger partial charge in [-0.15, -0.1) is 0 Å². The van der Waals surface area contributed by atoms with Crippen LogP contribution in [0.5, 0.6) is 0 Å². The van der Waals surface area contributed by atoms with Crippen molar-refractivity contribution in [3.05, 3.63) is 33.8 Å². The van der Waals surface area contributed by atoms with Crippen LogP contribution in [0.3, 0.4) is 0 Å². The summed E-state index contributed by atoms with van der Waals surface area (Å²) in [5.74, 6) is -1.20. The van der Waals surface area contributed by atoms with Gasteiger partial charge in [0.25, 0.3) is 0 Å². The fourth-order valence-corrected chi connectivity index (χ4v) is 2.34. The minimum absolute atomic E-state index is 0.0349. The molecule has 0 unspecified atom stereocenters. The lowest BCUT2D eigenvalue weighted by atomic mass is 9.89. The monoisotopic (exact) mass is 259 g/mol. The Labute approximate surface area is 103 Å². The zero-order valence-electron chi connectivity index (χ0n) is 8.41. The predicted molar refractivity (Wildman–Crippen MR) is 63.2 cm³/mol. The summed E-state index contributed by atoms with van der Waals surface area (Å²) >= 11 is 11.7. The van der Waals surface area contributed by atoms with Gasteiger partial charge in [-0.1, -0.05) is 29.3 Å². The van der Waals surface area contributed by atoms with Gasteiger partial charge >= 0.3 is 5.97 Å². The molecule has 0 amide bonds. The maximum atomic E-state index is 11.0. The first-order valence-electron chi connectivity index (χ1n) is 4.98. The number of halogens is 2. The van der Waals surface area contributed by atoms with Gasteiger partial charge < -0.3 is 10.4 Å². The molecule has 1 heterocycles. The van der Waals surface area contributed by atoms with E-state index in [0.717, 1.165) is 5.56 Å². The summed E-state index contributed by atoms with van der Waals surface area (Å²) in [6.07, 6.45) is 0. The lowest BCUT2D eigenvalue weighted by molar-refractivity contribution is -0.141. The molecule has 5 heteroatoms. The Kier molecular flexibility index (Phi) is 3.38. The lowest BCUT2D eigenvalue weighted by Gasteiger charge is -2.15. The third kappa shape index (κ3) is 2.17. The number of carbonyl (C=O) groups is 1. The fourth-order valence-electron chi connectivity index (χ4n) is 2.03. The van der Waals surface area contributed by atoms with Crippen molar-refractivity contribution in [1.82, 2.24) is 5.32 Å². The van der Waals surface area contributed by atoms with Crippen molar-refractivity contribution in [3.63, 3.8) is 0 Å². The van der Waals surface area contributed by atoms with Crippen molar-refractivity contribution in [1.29, 1.82) is 0 Å². The zero-order chi connectivity index (χ0) is 11.7. The van der Waals surface area contributed by atoms with Gasteiger partial charge in [0.2, 0.25) is 0 Å². The minimum Gasteiger partial charge on any atom is -0.481 e. The number of nitrogens with one attached hydrogen (secondary N) is 1. The Morgan fingerprint density at radius 1 is 1.31 bits per heavy atom. The van der Waals surface area contributed by atoms with E-state index < -0.39 is 11.9 Å².